The average Bonchev–Trinajstić information content (AvgIpc) is 2.28. The van der Waals surface area contributed by atoms with Crippen molar-refractivity contribution in [3.63, 3.8) is 0 Å². The number of ether oxygens (including phenoxy) is 1. The number of nitrogens with zero attached hydrogens (tertiary/aromatic N) is 1. The number of carbonyl (C=O) groups is 1. The molecule has 0 aromatic heterocycles. The summed E-state index contributed by atoms with van der Waals surface area (Å²) in [5.41, 5.74) is -0.438. The maximum atomic E-state index is 13.1. The SMILES string of the molecule is Cc1cccc(OC2CC3(C2)CN(C=O)C3)c1C(F)(F)F. The van der Waals surface area contributed by atoms with Crippen LogP contribution in [0, 0.1) is 12.3 Å². The van der Waals surface area contributed by atoms with Gasteiger partial charge in [0.05, 0.1) is 0 Å². The van der Waals surface area contributed by atoms with Crippen molar-refractivity contribution in [3.8, 4) is 5.75 Å². The highest BCUT2D eigenvalue weighted by atomic mass is 19.4. The molecule has 0 atom stereocenters. The van der Waals surface area contributed by atoms with E-state index in [-0.39, 0.29) is 22.8 Å². The van der Waals surface area contributed by atoms with Gasteiger partial charge in [-0.1, -0.05) is 12.1 Å². The minimum atomic E-state index is -4.41. The lowest BCUT2D eigenvalue weighted by atomic mass is 9.62. The molecule has 1 saturated heterocycles. The molecule has 1 aliphatic heterocycles. The van der Waals surface area contributed by atoms with Crippen LogP contribution < -0.4 is 4.74 Å². The van der Waals surface area contributed by atoms with E-state index in [4.69, 9.17) is 4.74 Å². The van der Waals surface area contributed by atoms with E-state index in [9.17, 15) is 18.0 Å². The van der Waals surface area contributed by atoms with Gasteiger partial charge in [0.25, 0.3) is 0 Å². The number of hydrogen-bond donors (Lipinski definition) is 0. The van der Waals surface area contributed by atoms with Gasteiger partial charge in [0.1, 0.15) is 17.4 Å². The second kappa shape index (κ2) is 4.64. The van der Waals surface area contributed by atoms with Crippen molar-refractivity contribution >= 4 is 6.41 Å². The Hall–Kier alpha value is -1.72. The van der Waals surface area contributed by atoms with Crippen LogP contribution in [-0.4, -0.2) is 30.5 Å². The molecule has 1 amide bonds. The Morgan fingerprint density at radius 3 is 2.57 bits per heavy atom. The van der Waals surface area contributed by atoms with Crippen LogP contribution in [0.2, 0.25) is 0 Å². The van der Waals surface area contributed by atoms with Gasteiger partial charge in [0.15, 0.2) is 0 Å². The summed E-state index contributed by atoms with van der Waals surface area (Å²) < 4.78 is 44.8. The van der Waals surface area contributed by atoms with Gasteiger partial charge < -0.3 is 9.64 Å². The number of aryl methyl sites for hydroxylation is 1. The standard InChI is InChI=1S/C15H16F3NO2/c1-10-3-2-4-12(13(10)15(16,17)18)21-11-5-14(6-11)7-19(8-14)9-20/h2-4,9,11H,5-8H2,1H3. The van der Waals surface area contributed by atoms with Gasteiger partial charge >= 0.3 is 6.18 Å². The van der Waals surface area contributed by atoms with E-state index in [1.54, 1.807) is 11.0 Å². The summed E-state index contributed by atoms with van der Waals surface area (Å²) in [7, 11) is 0. The number of rotatable bonds is 3. The maximum Gasteiger partial charge on any atom is 0.420 e. The smallest absolute Gasteiger partial charge is 0.420 e. The molecule has 3 rings (SSSR count). The first-order valence-electron chi connectivity index (χ1n) is 6.86. The van der Waals surface area contributed by atoms with Gasteiger partial charge in [-0.2, -0.15) is 13.2 Å². The maximum absolute atomic E-state index is 13.1. The third-order valence-electron chi connectivity index (χ3n) is 4.36. The Balaban J connectivity index is 1.68. The molecule has 0 bridgehead atoms. The van der Waals surface area contributed by atoms with Crippen molar-refractivity contribution in [2.45, 2.75) is 32.0 Å². The highest BCUT2D eigenvalue weighted by Gasteiger charge is 2.53. The summed E-state index contributed by atoms with van der Waals surface area (Å²) in [4.78, 5) is 12.2. The molecule has 1 saturated carbocycles. The third kappa shape index (κ3) is 2.47. The van der Waals surface area contributed by atoms with Gasteiger partial charge in [-0.3, -0.25) is 4.79 Å². The highest BCUT2D eigenvalue weighted by molar-refractivity contribution is 5.50. The Morgan fingerprint density at radius 2 is 2.00 bits per heavy atom. The number of likely N-dealkylation sites (tertiary alicyclic amines) is 1. The third-order valence-corrected chi connectivity index (χ3v) is 4.36. The molecule has 114 valence electrons. The van der Waals surface area contributed by atoms with Gasteiger partial charge in [-0.15, -0.1) is 0 Å². The lowest BCUT2D eigenvalue weighted by Crippen LogP contribution is -2.64. The summed E-state index contributed by atoms with van der Waals surface area (Å²) in [6, 6.07) is 4.39. The first kappa shape index (κ1) is 14.2. The minimum Gasteiger partial charge on any atom is -0.490 e. The topological polar surface area (TPSA) is 29.5 Å². The molecule has 1 aromatic carbocycles. The van der Waals surface area contributed by atoms with Crippen LogP contribution in [-0.2, 0) is 11.0 Å². The monoisotopic (exact) mass is 299 g/mol. The van der Waals surface area contributed by atoms with Crippen LogP contribution in [0.5, 0.6) is 5.75 Å². The fourth-order valence-electron chi connectivity index (χ4n) is 3.42. The predicted molar refractivity (Wildman–Crippen MR) is 69.9 cm³/mol. The predicted octanol–water partition coefficient (Wildman–Crippen LogP) is 3.01. The van der Waals surface area contributed by atoms with Crippen molar-refractivity contribution in [1.29, 1.82) is 0 Å². The second-order valence-corrected chi connectivity index (χ2v) is 6.10. The number of carbonyl (C=O) groups excluding carboxylic acids is 1. The summed E-state index contributed by atoms with van der Waals surface area (Å²) in [5.74, 6) is -0.0890. The van der Waals surface area contributed by atoms with E-state index in [1.165, 1.54) is 19.1 Å². The van der Waals surface area contributed by atoms with E-state index in [2.05, 4.69) is 0 Å². The fraction of sp³-hybridized carbons (Fsp3) is 0.533. The van der Waals surface area contributed by atoms with Gasteiger partial charge in [-0.05, 0) is 31.4 Å². The molecule has 2 aliphatic rings. The van der Waals surface area contributed by atoms with Crippen LogP contribution in [0.25, 0.3) is 0 Å². The van der Waals surface area contributed by atoms with Crippen LogP contribution in [0.3, 0.4) is 0 Å². The van der Waals surface area contributed by atoms with E-state index >= 15 is 0 Å². The molecule has 1 aromatic rings. The minimum absolute atomic E-state index is 0.0772. The average molecular weight is 299 g/mol. The zero-order chi connectivity index (χ0) is 15.3. The molecule has 1 heterocycles. The summed E-state index contributed by atoms with van der Waals surface area (Å²) in [5, 5.41) is 0. The summed E-state index contributed by atoms with van der Waals surface area (Å²) in [6.45, 7) is 2.82. The largest absolute Gasteiger partial charge is 0.490 e. The molecule has 1 aliphatic carbocycles. The Kier molecular flexibility index (Phi) is 3.15. The molecular weight excluding hydrogens is 283 g/mol. The van der Waals surface area contributed by atoms with Crippen molar-refractivity contribution in [2.24, 2.45) is 5.41 Å². The van der Waals surface area contributed by atoms with E-state index in [0.29, 0.717) is 25.9 Å². The number of benzene rings is 1. The van der Waals surface area contributed by atoms with Crippen molar-refractivity contribution in [3.05, 3.63) is 29.3 Å². The quantitative estimate of drug-likeness (QED) is 0.803. The van der Waals surface area contributed by atoms with Crippen molar-refractivity contribution in [2.75, 3.05) is 13.1 Å². The molecule has 21 heavy (non-hydrogen) atoms. The van der Waals surface area contributed by atoms with Crippen molar-refractivity contribution in [1.82, 2.24) is 4.90 Å². The first-order valence-corrected chi connectivity index (χ1v) is 6.86. The van der Waals surface area contributed by atoms with Gasteiger partial charge in [-0.25, -0.2) is 0 Å². The van der Waals surface area contributed by atoms with Gasteiger partial charge in [0.2, 0.25) is 6.41 Å². The second-order valence-electron chi connectivity index (χ2n) is 6.10. The number of amides is 1. The van der Waals surface area contributed by atoms with Crippen LogP contribution in [0.15, 0.2) is 18.2 Å². The lowest BCUT2D eigenvalue weighted by Gasteiger charge is -2.57. The van der Waals surface area contributed by atoms with Crippen LogP contribution in [0.1, 0.15) is 24.0 Å². The Bertz CT molecular complexity index is 557. The molecule has 2 fully saturated rings. The van der Waals surface area contributed by atoms with E-state index in [0.717, 1.165) is 6.41 Å². The number of halogens is 3. The summed E-state index contributed by atoms with van der Waals surface area (Å²) in [6.07, 6.45) is -2.37. The first-order chi connectivity index (χ1) is 9.83. The lowest BCUT2D eigenvalue weighted by molar-refractivity contribution is -0.151. The molecule has 6 heteroatoms. The molecule has 1 spiro atoms. The molecule has 0 radical (unpaired) electrons. The van der Waals surface area contributed by atoms with E-state index < -0.39 is 11.7 Å². The zero-order valence-corrected chi connectivity index (χ0v) is 11.6. The zero-order valence-electron chi connectivity index (χ0n) is 11.6. The van der Waals surface area contributed by atoms with Gasteiger partial charge in [0, 0.05) is 18.5 Å². The number of hydrogen-bond acceptors (Lipinski definition) is 2. The van der Waals surface area contributed by atoms with Crippen LogP contribution >= 0.6 is 0 Å². The molecule has 0 unspecified atom stereocenters. The normalized spacial score (nSPS) is 20.9. The highest BCUT2D eigenvalue weighted by Crippen LogP contribution is 2.50. The van der Waals surface area contributed by atoms with Crippen molar-refractivity contribution < 1.29 is 22.7 Å². The fourth-order valence-corrected chi connectivity index (χ4v) is 3.42. The van der Waals surface area contributed by atoms with E-state index in [1.807, 2.05) is 0 Å². The molecular formula is C15H16F3NO2. The molecule has 3 nitrogen and oxygen atoms in total. The number of alkyl halides is 3. The Labute approximate surface area is 120 Å². The summed E-state index contributed by atoms with van der Waals surface area (Å²) >= 11 is 0. The molecule has 0 N–H and O–H groups in total. The Morgan fingerprint density at radius 1 is 1.33 bits per heavy atom. The van der Waals surface area contributed by atoms with Crippen LogP contribution in [0.4, 0.5) is 13.2 Å².